The number of aryl methyl sites for hydroxylation is 1. The highest BCUT2D eigenvalue weighted by Gasteiger charge is 2.54. The maximum absolute atomic E-state index is 15.7. The number of halogens is 1. The predicted octanol–water partition coefficient (Wildman–Crippen LogP) is 2.06. The molecular weight excluding hydrogens is 413 g/mol. The fourth-order valence-corrected chi connectivity index (χ4v) is 4.57. The van der Waals surface area contributed by atoms with E-state index in [0.717, 1.165) is 5.69 Å². The topological polar surface area (TPSA) is 97.0 Å². The Labute approximate surface area is 184 Å². The monoisotopic (exact) mass is 439 g/mol. The van der Waals surface area contributed by atoms with Gasteiger partial charge in [-0.05, 0) is 19.9 Å². The van der Waals surface area contributed by atoms with Crippen molar-refractivity contribution >= 4 is 34.5 Å². The maximum atomic E-state index is 15.7. The van der Waals surface area contributed by atoms with Gasteiger partial charge < -0.3 is 19.7 Å². The van der Waals surface area contributed by atoms with E-state index in [4.69, 9.17) is 9.97 Å². The van der Waals surface area contributed by atoms with Crippen molar-refractivity contribution in [2.24, 2.45) is 13.0 Å². The number of nitrogens with zero attached hydrogens (tertiary/aromatic N) is 8. The van der Waals surface area contributed by atoms with Gasteiger partial charge in [-0.2, -0.15) is 15.1 Å². The van der Waals surface area contributed by atoms with Gasteiger partial charge in [0.1, 0.15) is 0 Å². The lowest BCUT2D eigenvalue weighted by atomic mass is 9.97. The number of fused-ring (bicyclic) bond motifs is 2. The lowest BCUT2D eigenvalue weighted by molar-refractivity contribution is -0.125. The standard InChI is InChI=1S/C21H26FN9O/c1-5-16(32)29-7-14-8-30(11-21(14,22)10-29)20-26-18(25-15-6-24-28(4)9-15)17-19(27-20)31(12-23-17)13(2)3/h5-6,9,12-14H,1,7-8,10-11H2,2-4H3,(H,25,26,27)/t14-,21-/m0/s1. The quantitative estimate of drug-likeness (QED) is 0.608. The predicted molar refractivity (Wildman–Crippen MR) is 119 cm³/mol. The summed E-state index contributed by atoms with van der Waals surface area (Å²) >= 11 is 0. The number of aromatic nitrogens is 6. The maximum Gasteiger partial charge on any atom is 0.246 e. The van der Waals surface area contributed by atoms with Crippen LogP contribution < -0.4 is 10.2 Å². The molecule has 2 aliphatic rings. The molecule has 0 spiro atoms. The van der Waals surface area contributed by atoms with Crippen LogP contribution in [0.4, 0.5) is 21.8 Å². The molecule has 0 bridgehead atoms. The molecule has 2 fully saturated rings. The van der Waals surface area contributed by atoms with E-state index in [1.54, 1.807) is 17.2 Å². The second kappa shape index (κ2) is 7.28. The van der Waals surface area contributed by atoms with Crippen LogP contribution >= 0.6 is 0 Å². The summed E-state index contributed by atoms with van der Waals surface area (Å²) < 4.78 is 19.4. The fraction of sp³-hybridized carbons (Fsp3) is 0.476. The molecule has 3 aromatic heterocycles. The first-order chi connectivity index (χ1) is 15.3. The van der Waals surface area contributed by atoms with Crippen LogP contribution in [0.3, 0.4) is 0 Å². The summed E-state index contributed by atoms with van der Waals surface area (Å²) in [6.07, 6.45) is 6.53. The van der Waals surface area contributed by atoms with Gasteiger partial charge in [0.15, 0.2) is 22.7 Å². The number of hydrogen-bond donors (Lipinski definition) is 1. The zero-order valence-electron chi connectivity index (χ0n) is 18.4. The van der Waals surface area contributed by atoms with Crippen molar-refractivity contribution in [2.75, 3.05) is 36.4 Å². The Hall–Kier alpha value is -3.50. The molecule has 32 heavy (non-hydrogen) atoms. The molecule has 2 aliphatic heterocycles. The number of alkyl halides is 1. The lowest BCUT2D eigenvalue weighted by Gasteiger charge is -2.23. The molecule has 3 aromatic rings. The van der Waals surface area contributed by atoms with E-state index >= 15 is 4.39 Å². The van der Waals surface area contributed by atoms with Crippen molar-refractivity contribution in [2.45, 2.75) is 25.6 Å². The molecule has 2 atom stereocenters. The summed E-state index contributed by atoms with van der Waals surface area (Å²) in [4.78, 5) is 29.4. The van der Waals surface area contributed by atoms with Crippen LogP contribution in [-0.2, 0) is 11.8 Å². The Morgan fingerprint density at radius 1 is 1.34 bits per heavy atom. The average molecular weight is 439 g/mol. The molecule has 0 radical (unpaired) electrons. The Kier molecular flexibility index (Phi) is 4.64. The SMILES string of the molecule is C=CC(=O)N1C[C@H]2CN(c3nc(Nc4cnn(C)c4)c4ncn(C(C)C)c4n3)C[C@@]2(F)C1. The molecule has 1 N–H and O–H groups in total. The number of rotatable bonds is 5. The Morgan fingerprint density at radius 3 is 2.81 bits per heavy atom. The van der Waals surface area contributed by atoms with Crippen LogP contribution in [0.1, 0.15) is 19.9 Å². The van der Waals surface area contributed by atoms with Gasteiger partial charge in [0.05, 0.1) is 31.3 Å². The van der Waals surface area contributed by atoms with Gasteiger partial charge in [0.2, 0.25) is 11.9 Å². The molecule has 0 aromatic carbocycles. The van der Waals surface area contributed by atoms with Crippen molar-refractivity contribution in [3.63, 3.8) is 0 Å². The zero-order chi connectivity index (χ0) is 22.6. The number of anilines is 3. The van der Waals surface area contributed by atoms with Crippen LogP contribution in [0.2, 0.25) is 0 Å². The number of carbonyl (C=O) groups is 1. The second-order valence-corrected chi connectivity index (χ2v) is 8.85. The van der Waals surface area contributed by atoms with Crippen molar-refractivity contribution in [3.8, 4) is 0 Å². The summed E-state index contributed by atoms with van der Waals surface area (Å²) in [6.45, 7) is 8.61. The smallest absolute Gasteiger partial charge is 0.246 e. The van der Waals surface area contributed by atoms with Crippen LogP contribution in [0.15, 0.2) is 31.4 Å². The first-order valence-corrected chi connectivity index (χ1v) is 10.6. The third kappa shape index (κ3) is 3.28. The van der Waals surface area contributed by atoms with E-state index in [9.17, 15) is 4.79 Å². The van der Waals surface area contributed by atoms with E-state index in [1.807, 2.05) is 22.7 Å². The molecule has 5 rings (SSSR count). The van der Waals surface area contributed by atoms with E-state index in [0.29, 0.717) is 36.0 Å². The number of likely N-dealkylation sites (tertiary alicyclic amines) is 1. The van der Waals surface area contributed by atoms with Gasteiger partial charge in [-0.3, -0.25) is 9.48 Å². The van der Waals surface area contributed by atoms with Gasteiger partial charge in [-0.15, -0.1) is 0 Å². The molecule has 5 heterocycles. The van der Waals surface area contributed by atoms with Crippen molar-refractivity contribution < 1.29 is 9.18 Å². The highest BCUT2D eigenvalue weighted by molar-refractivity contribution is 5.88. The minimum atomic E-state index is -1.49. The summed E-state index contributed by atoms with van der Waals surface area (Å²) in [6, 6.07) is 0.151. The first kappa shape index (κ1) is 20.4. The molecule has 0 unspecified atom stereocenters. The van der Waals surface area contributed by atoms with Crippen molar-refractivity contribution in [3.05, 3.63) is 31.4 Å². The number of imidazole rings is 1. The molecule has 10 nitrogen and oxygen atoms in total. The number of carbonyl (C=O) groups excluding carboxylic acids is 1. The van der Waals surface area contributed by atoms with Gasteiger partial charge in [0.25, 0.3) is 0 Å². The second-order valence-electron chi connectivity index (χ2n) is 8.85. The number of hydrogen-bond acceptors (Lipinski definition) is 7. The summed E-state index contributed by atoms with van der Waals surface area (Å²) in [5.74, 6) is 0.463. The Morgan fingerprint density at radius 2 is 2.16 bits per heavy atom. The van der Waals surface area contributed by atoms with E-state index < -0.39 is 5.67 Å². The minimum absolute atomic E-state index is 0.0615. The summed E-state index contributed by atoms with van der Waals surface area (Å²) in [5, 5.41) is 7.47. The van der Waals surface area contributed by atoms with Gasteiger partial charge >= 0.3 is 0 Å². The van der Waals surface area contributed by atoms with Crippen molar-refractivity contribution in [1.82, 2.24) is 34.2 Å². The highest BCUT2D eigenvalue weighted by atomic mass is 19.1. The Balaban J connectivity index is 1.50. The van der Waals surface area contributed by atoms with Crippen LogP contribution in [0, 0.1) is 5.92 Å². The van der Waals surface area contributed by atoms with E-state index in [1.165, 1.54) is 11.0 Å². The molecule has 168 valence electrons. The number of nitrogens with one attached hydrogen (secondary N) is 1. The Bertz CT molecular complexity index is 1200. The highest BCUT2D eigenvalue weighted by Crippen LogP contribution is 2.40. The normalized spacial score (nSPS) is 22.7. The summed E-state index contributed by atoms with van der Waals surface area (Å²) in [7, 11) is 1.84. The molecule has 2 saturated heterocycles. The van der Waals surface area contributed by atoms with Gasteiger partial charge in [-0.1, -0.05) is 6.58 Å². The largest absolute Gasteiger partial charge is 0.337 e. The minimum Gasteiger partial charge on any atom is -0.337 e. The third-order valence-corrected chi connectivity index (χ3v) is 6.22. The molecule has 11 heteroatoms. The third-order valence-electron chi connectivity index (χ3n) is 6.22. The zero-order valence-corrected chi connectivity index (χ0v) is 18.4. The summed E-state index contributed by atoms with van der Waals surface area (Å²) in [5.41, 5.74) is 0.608. The van der Waals surface area contributed by atoms with E-state index in [-0.39, 0.29) is 31.0 Å². The van der Waals surface area contributed by atoms with Gasteiger partial charge in [0, 0.05) is 38.3 Å². The average Bonchev–Trinajstić information content (AvgIpc) is 3.48. The van der Waals surface area contributed by atoms with Gasteiger partial charge in [-0.25, -0.2) is 9.37 Å². The van der Waals surface area contributed by atoms with Crippen LogP contribution in [0.25, 0.3) is 11.2 Å². The lowest BCUT2D eigenvalue weighted by Crippen LogP contribution is -2.38. The van der Waals surface area contributed by atoms with Crippen LogP contribution in [0.5, 0.6) is 0 Å². The van der Waals surface area contributed by atoms with Crippen LogP contribution in [-0.4, -0.2) is 72.0 Å². The molecule has 1 amide bonds. The first-order valence-electron chi connectivity index (χ1n) is 10.6. The fourth-order valence-electron chi connectivity index (χ4n) is 4.57. The molecular formula is C21H26FN9O. The van der Waals surface area contributed by atoms with Crippen molar-refractivity contribution in [1.29, 1.82) is 0 Å². The molecule has 0 aliphatic carbocycles. The number of amides is 1. The molecule has 0 saturated carbocycles. The van der Waals surface area contributed by atoms with E-state index in [2.05, 4.69) is 35.8 Å².